The molecule has 2 fully saturated rings. The molecular weight excluding hydrogens is 216 g/mol. The highest BCUT2D eigenvalue weighted by atomic mass is 16.5. The van der Waals surface area contributed by atoms with E-state index in [-0.39, 0.29) is 5.54 Å². The molecule has 1 heterocycles. The van der Waals surface area contributed by atoms with Gasteiger partial charge in [-0.05, 0) is 38.5 Å². The lowest BCUT2D eigenvalue weighted by atomic mass is 9.80. The molecule has 0 spiro atoms. The second-order valence-electron chi connectivity index (χ2n) is 5.45. The lowest BCUT2D eigenvalue weighted by Gasteiger charge is -2.41. The smallest absolute Gasteiger partial charge is 0.0700 e. The summed E-state index contributed by atoms with van der Waals surface area (Å²) in [7, 11) is 1.80. The van der Waals surface area contributed by atoms with E-state index in [9.17, 15) is 0 Å². The second kappa shape index (κ2) is 6.14. The minimum absolute atomic E-state index is 0.0743. The van der Waals surface area contributed by atoms with Gasteiger partial charge < -0.3 is 20.5 Å². The maximum Gasteiger partial charge on any atom is 0.0700 e. The minimum Gasteiger partial charge on any atom is -0.381 e. The highest BCUT2D eigenvalue weighted by Gasteiger charge is 2.35. The zero-order valence-corrected chi connectivity index (χ0v) is 10.9. The highest BCUT2D eigenvalue weighted by molar-refractivity contribution is 4.95. The third kappa shape index (κ3) is 3.41. The van der Waals surface area contributed by atoms with Gasteiger partial charge in [0, 0.05) is 32.3 Å². The molecule has 0 bridgehead atoms. The van der Waals surface area contributed by atoms with E-state index in [0.717, 1.165) is 26.0 Å². The van der Waals surface area contributed by atoms with Crippen LogP contribution in [0.15, 0.2) is 0 Å². The minimum atomic E-state index is 0.0743. The fourth-order valence-electron chi connectivity index (χ4n) is 3.06. The summed E-state index contributed by atoms with van der Waals surface area (Å²) in [6, 6.07) is 0. The van der Waals surface area contributed by atoms with E-state index in [0.29, 0.717) is 18.8 Å². The summed E-state index contributed by atoms with van der Waals surface area (Å²) in [5.74, 6) is 0. The Balaban J connectivity index is 1.84. The second-order valence-corrected chi connectivity index (χ2v) is 5.45. The zero-order valence-electron chi connectivity index (χ0n) is 10.9. The van der Waals surface area contributed by atoms with E-state index in [2.05, 4.69) is 5.32 Å². The Bertz CT molecular complexity index is 231. The van der Waals surface area contributed by atoms with Crippen molar-refractivity contribution < 1.29 is 9.47 Å². The van der Waals surface area contributed by atoms with Crippen molar-refractivity contribution in [2.75, 3.05) is 26.8 Å². The molecule has 100 valence electrons. The molecule has 1 aliphatic heterocycles. The van der Waals surface area contributed by atoms with Crippen LogP contribution in [0.25, 0.3) is 0 Å². The Morgan fingerprint density at radius 1 is 1.41 bits per heavy atom. The van der Waals surface area contributed by atoms with E-state index in [1.807, 2.05) is 0 Å². The first-order chi connectivity index (χ1) is 8.28. The third-order valence-electron chi connectivity index (χ3n) is 4.25. The molecule has 2 aliphatic rings. The van der Waals surface area contributed by atoms with Crippen LogP contribution in [-0.2, 0) is 9.47 Å². The van der Waals surface area contributed by atoms with Crippen molar-refractivity contribution in [3.8, 4) is 0 Å². The Labute approximate surface area is 104 Å². The molecule has 4 heteroatoms. The summed E-state index contributed by atoms with van der Waals surface area (Å²) in [6.45, 7) is 2.55. The molecule has 3 N–H and O–H groups in total. The third-order valence-corrected chi connectivity index (χ3v) is 4.25. The molecule has 0 amide bonds. The van der Waals surface area contributed by atoms with Crippen LogP contribution >= 0.6 is 0 Å². The van der Waals surface area contributed by atoms with Gasteiger partial charge in [0.15, 0.2) is 0 Å². The monoisotopic (exact) mass is 242 g/mol. The summed E-state index contributed by atoms with van der Waals surface area (Å²) in [6.07, 6.45) is 7.70. The number of methoxy groups -OCH3 is 1. The summed E-state index contributed by atoms with van der Waals surface area (Å²) in [5, 5.41) is 3.66. The summed E-state index contributed by atoms with van der Waals surface area (Å²) < 4.78 is 11.1. The average Bonchev–Trinajstić information content (AvgIpc) is 2.90. The summed E-state index contributed by atoms with van der Waals surface area (Å²) in [4.78, 5) is 0. The first kappa shape index (κ1) is 13.3. The lowest BCUT2D eigenvalue weighted by molar-refractivity contribution is 0.0260. The molecule has 3 atom stereocenters. The molecule has 1 saturated heterocycles. The van der Waals surface area contributed by atoms with Crippen LogP contribution in [-0.4, -0.2) is 44.6 Å². The highest BCUT2D eigenvalue weighted by Crippen LogP contribution is 2.29. The fourth-order valence-corrected chi connectivity index (χ4v) is 3.06. The van der Waals surface area contributed by atoms with Gasteiger partial charge in [-0.3, -0.25) is 0 Å². The van der Waals surface area contributed by atoms with Crippen LogP contribution in [0, 0.1) is 0 Å². The number of nitrogens with two attached hydrogens (primary N) is 1. The van der Waals surface area contributed by atoms with E-state index < -0.39 is 0 Å². The average molecular weight is 242 g/mol. The molecule has 1 saturated carbocycles. The molecule has 1 aliphatic carbocycles. The van der Waals surface area contributed by atoms with Gasteiger partial charge in [-0.1, -0.05) is 0 Å². The molecule has 0 aromatic carbocycles. The van der Waals surface area contributed by atoms with Crippen LogP contribution in [0.5, 0.6) is 0 Å². The topological polar surface area (TPSA) is 56.5 Å². The van der Waals surface area contributed by atoms with Gasteiger partial charge >= 0.3 is 0 Å². The molecule has 0 aromatic rings. The quantitative estimate of drug-likeness (QED) is 0.756. The predicted octanol–water partition coefficient (Wildman–Crippen LogP) is 1.04. The van der Waals surface area contributed by atoms with Gasteiger partial charge in [-0.25, -0.2) is 0 Å². The van der Waals surface area contributed by atoms with E-state index in [1.165, 1.54) is 25.7 Å². The van der Waals surface area contributed by atoms with Crippen LogP contribution in [0.4, 0.5) is 0 Å². The Hall–Kier alpha value is -0.160. The molecule has 4 nitrogen and oxygen atoms in total. The molecule has 0 aromatic heterocycles. The Kier molecular flexibility index (Phi) is 4.79. The van der Waals surface area contributed by atoms with Gasteiger partial charge in [-0.2, -0.15) is 0 Å². The Morgan fingerprint density at radius 3 is 2.94 bits per heavy atom. The maximum atomic E-state index is 5.98. The number of hydrogen-bond acceptors (Lipinski definition) is 4. The van der Waals surface area contributed by atoms with Gasteiger partial charge in [-0.15, -0.1) is 0 Å². The SMILES string of the molecule is COC1CCCC(CN)(NCC2CCCO2)C1. The predicted molar refractivity (Wildman–Crippen MR) is 68.0 cm³/mol. The maximum absolute atomic E-state index is 5.98. The largest absolute Gasteiger partial charge is 0.381 e. The van der Waals surface area contributed by atoms with Crippen molar-refractivity contribution in [2.45, 2.75) is 56.3 Å². The van der Waals surface area contributed by atoms with Crippen molar-refractivity contribution in [1.82, 2.24) is 5.32 Å². The van der Waals surface area contributed by atoms with Gasteiger partial charge in [0.2, 0.25) is 0 Å². The molecule has 0 radical (unpaired) electrons. The van der Waals surface area contributed by atoms with Crippen molar-refractivity contribution in [3.63, 3.8) is 0 Å². The lowest BCUT2D eigenvalue weighted by Crippen LogP contribution is -2.56. The normalized spacial score (nSPS) is 38.5. The Morgan fingerprint density at radius 2 is 2.29 bits per heavy atom. The van der Waals surface area contributed by atoms with Crippen molar-refractivity contribution in [1.29, 1.82) is 0 Å². The van der Waals surface area contributed by atoms with Crippen LogP contribution in [0.1, 0.15) is 38.5 Å². The summed E-state index contributed by atoms with van der Waals surface area (Å²) in [5.41, 5.74) is 6.06. The van der Waals surface area contributed by atoms with Crippen LogP contribution < -0.4 is 11.1 Å². The van der Waals surface area contributed by atoms with Crippen LogP contribution in [0.3, 0.4) is 0 Å². The van der Waals surface area contributed by atoms with Crippen molar-refractivity contribution in [2.24, 2.45) is 5.73 Å². The zero-order chi connectivity index (χ0) is 12.1. The van der Waals surface area contributed by atoms with Gasteiger partial charge in [0.05, 0.1) is 12.2 Å². The van der Waals surface area contributed by atoms with Crippen molar-refractivity contribution >= 4 is 0 Å². The molecule has 17 heavy (non-hydrogen) atoms. The number of nitrogens with one attached hydrogen (secondary N) is 1. The number of ether oxygens (including phenoxy) is 2. The number of rotatable bonds is 5. The first-order valence-electron chi connectivity index (χ1n) is 6.87. The first-order valence-corrected chi connectivity index (χ1v) is 6.87. The van der Waals surface area contributed by atoms with Crippen molar-refractivity contribution in [3.05, 3.63) is 0 Å². The van der Waals surface area contributed by atoms with E-state index in [4.69, 9.17) is 15.2 Å². The molecule has 2 rings (SSSR count). The van der Waals surface area contributed by atoms with Gasteiger partial charge in [0.1, 0.15) is 0 Å². The standard InChI is InChI=1S/C13H26N2O2/c1-16-11-4-2-6-13(8-11,10-14)15-9-12-5-3-7-17-12/h11-12,15H,2-10,14H2,1H3. The van der Waals surface area contributed by atoms with E-state index >= 15 is 0 Å². The summed E-state index contributed by atoms with van der Waals surface area (Å²) >= 11 is 0. The van der Waals surface area contributed by atoms with Gasteiger partial charge in [0.25, 0.3) is 0 Å². The molecule has 3 unspecified atom stereocenters. The van der Waals surface area contributed by atoms with E-state index in [1.54, 1.807) is 7.11 Å². The fraction of sp³-hybridized carbons (Fsp3) is 1.00. The number of hydrogen-bond donors (Lipinski definition) is 2. The van der Waals surface area contributed by atoms with Crippen LogP contribution in [0.2, 0.25) is 0 Å². The molecular formula is C13H26N2O2.